The normalized spacial score (nSPS) is 13.2. The van der Waals surface area contributed by atoms with E-state index in [2.05, 4.69) is 36.0 Å². The number of carbonyl (C=O) groups excluding carboxylic acids is 1. The largest absolute Gasteiger partial charge is 0.460 e. The molecule has 114 valence electrons. The molecule has 1 heterocycles. The first-order valence-corrected chi connectivity index (χ1v) is 7.17. The smallest absolute Gasteiger partial charge is 0.378 e. The zero-order chi connectivity index (χ0) is 15.2. The van der Waals surface area contributed by atoms with E-state index < -0.39 is 5.97 Å². The highest BCUT2D eigenvalue weighted by molar-refractivity contribution is 5.84. The molecule has 20 heavy (non-hydrogen) atoms. The van der Waals surface area contributed by atoms with Crippen LogP contribution in [0.1, 0.15) is 57.0 Å². The second-order valence-electron chi connectivity index (χ2n) is 6.01. The summed E-state index contributed by atoms with van der Waals surface area (Å²) >= 11 is 0. The van der Waals surface area contributed by atoms with Gasteiger partial charge in [-0.15, -0.1) is 5.10 Å². The number of rotatable bonds is 7. The zero-order valence-corrected chi connectivity index (χ0v) is 12.9. The van der Waals surface area contributed by atoms with E-state index in [1.807, 2.05) is 0 Å². The Balaban J connectivity index is 2.58. The van der Waals surface area contributed by atoms with Crippen LogP contribution in [0, 0.1) is 11.3 Å². The van der Waals surface area contributed by atoms with Gasteiger partial charge in [-0.2, -0.15) is 0 Å². The van der Waals surface area contributed by atoms with Crippen LogP contribution < -0.4 is 5.73 Å². The summed E-state index contributed by atoms with van der Waals surface area (Å²) in [6.07, 6.45) is 2.72. The molecule has 1 unspecified atom stereocenters. The molecule has 1 rings (SSSR count). The molecule has 1 aromatic heterocycles. The molecular formula is C14H26N4O2. The highest BCUT2D eigenvalue weighted by Gasteiger charge is 2.24. The lowest BCUT2D eigenvalue weighted by Crippen LogP contribution is -2.24. The van der Waals surface area contributed by atoms with Crippen LogP contribution in [0.3, 0.4) is 0 Å². The molecule has 0 radical (unpaired) electrons. The summed E-state index contributed by atoms with van der Waals surface area (Å²) in [6.45, 7) is 9.43. The summed E-state index contributed by atoms with van der Waals surface area (Å²) in [4.78, 5) is 15.6. The van der Waals surface area contributed by atoms with E-state index in [4.69, 9.17) is 10.5 Å². The molecule has 1 aromatic rings. The number of aryl methyl sites for hydroxylation is 1. The van der Waals surface area contributed by atoms with Gasteiger partial charge in [0.2, 0.25) is 0 Å². The maximum Gasteiger partial charge on any atom is 0.378 e. The maximum atomic E-state index is 11.5. The molecule has 0 aliphatic rings. The van der Waals surface area contributed by atoms with E-state index in [0.29, 0.717) is 19.1 Å². The fourth-order valence-electron chi connectivity index (χ4n) is 2.22. The summed E-state index contributed by atoms with van der Waals surface area (Å²) < 4.78 is 4.86. The summed E-state index contributed by atoms with van der Waals surface area (Å²) in [5.41, 5.74) is 5.89. The van der Waals surface area contributed by atoms with E-state index in [9.17, 15) is 4.79 Å². The summed E-state index contributed by atoms with van der Waals surface area (Å²) in [5.74, 6) is 0.861. The number of nitrogens with one attached hydrogen (secondary N) is 1. The lowest BCUT2D eigenvalue weighted by molar-refractivity contribution is 0.0512. The Bertz CT molecular complexity index is 423. The third-order valence-corrected chi connectivity index (χ3v) is 3.46. The lowest BCUT2D eigenvalue weighted by atomic mass is 9.76. The maximum absolute atomic E-state index is 11.5. The topological polar surface area (TPSA) is 93.9 Å². The molecular weight excluding hydrogens is 256 g/mol. The lowest BCUT2D eigenvalue weighted by Gasteiger charge is -2.30. The quantitative estimate of drug-likeness (QED) is 0.745. The fraction of sp³-hybridized carbons (Fsp3) is 0.786. The van der Waals surface area contributed by atoms with Gasteiger partial charge in [0.05, 0.1) is 6.61 Å². The SMILES string of the molecule is CCOC(=O)c1n[nH]c(CCC(CCN)C(C)(C)C)n1. The Hall–Kier alpha value is -1.43. The van der Waals surface area contributed by atoms with Crippen LogP contribution >= 0.6 is 0 Å². The summed E-state index contributed by atoms with van der Waals surface area (Å²) in [5, 5.41) is 6.69. The van der Waals surface area contributed by atoms with Crippen molar-refractivity contribution in [1.29, 1.82) is 0 Å². The molecule has 0 saturated carbocycles. The zero-order valence-electron chi connectivity index (χ0n) is 12.9. The third kappa shape index (κ3) is 4.92. The monoisotopic (exact) mass is 282 g/mol. The van der Waals surface area contributed by atoms with Gasteiger partial charge in [0.15, 0.2) is 0 Å². The first kappa shape index (κ1) is 16.6. The second kappa shape index (κ2) is 7.38. The van der Waals surface area contributed by atoms with Gasteiger partial charge in [0.25, 0.3) is 5.82 Å². The van der Waals surface area contributed by atoms with Crippen LogP contribution in [0.15, 0.2) is 0 Å². The van der Waals surface area contributed by atoms with Gasteiger partial charge in [0.1, 0.15) is 5.82 Å². The molecule has 0 amide bonds. The molecule has 0 bridgehead atoms. The minimum absolute atomic E-state index is 0.105. The fourth-order valence-corrected chi connectivity index (χ4v) is 2.22. The number of hydrogen-bond donors (Lipinski definition) is 2. The van der Waals surface area contributed by atoms with Crippen molar-refractivity contribution in [2.24, 2.45) is 17.1 Å². The standard InChI is InChI=1S/C14H26N4O2/c1-5-20-13(19)12-16-11(17-18-12)7-6-10(8-9-15)14(2,3)4/h10H,5-9,15H2,1-4H3,(H,16,17,18). The number of ether oxygens (including phenoxy) is 1. The van der Waals surface area contributed by atoms with E-state index in [-0.39, 0.29) is 11.2 Å². The highest BCUT2D eigenvalue weighted by atomic mass is 16.5. The minimum atomic E-state index is -0.482. The highest BCUT2D eigenvalue weighted by Crippen LogP contribution is 2.31. The van der Waals surface area contributed by atoms with Crippen LogP contribution in [-0.4, -0.2) is 34.3 Å². The van der Waals surface area contributed by atoms with E-state index in [1.54, 1.807) is 6.92 Å². The van der Waals surface area contributed by atoms with Crippen LogP contribution in [0.4, 0.5) is 0 Å². The van der Waals surface area contributed by atoms with Crippen molar-refractivity contribution in [3.05, 3.63) is 11.6 Å². The van der Waals surface area contributed by atoms with Gasteiger partial charge < -0.3 is 10.5 Å². The Labute approximate surface area is 120 Å². The molecule has 0 aromatic carbocycles. The molecule has 6 nitrogen and oxygen atoms in total. The van der Waals surface area contributed by atoms with Crippen molar-refractivity contribution in [3.8, 4) is 0 Å². The van der Waals surface area contributed by atoms with Crippen molar-refractivity contribution in [2.75, 3.05) is 13.2 Å². The minimum Gasteiger partial charge on any atom is -0.460 e. The molecule has 0 aliphatic carbocycles. The van der Waals surface area contributed by atoms with Gasteiger partial charge in [0, 0.05) is 6.42 Å². The van der Waals surface area contributed by atoms with Crippen molar-refractivity contribution in [1.82, 2.24) is 15.2 Å². The molecule has 3 N–H and O–H groups in total. The van der Waals surface area contributed by atoms with Crippen LogP contribution in [0.25, 0.3) is 0 Å². The first-order valence-electron chi connectivity index (χ1n) is 7.17. The third-order valence-electron chi connectivity index (χ3n) is 3.46. The number of aromatic nitrogens is 3. The molecule has 0 fully saturated rings. The molecule has 1 atom stereocenters. The summed E-state index contributed by atoms with van der Waals surface area (Å²) in [6, 6.07) is 0. The Morgan fingerprint density at radius 1 is 1.40 bits per heavy atom. The Kier molecular flexibility index (Phi) is 6.13. The van der Waals surface area contributed by atoms with Crippen LogP contribution in [0.5, 0.6) is 0 Å². The average Bonchev–Trinajstić information content (AvgIpc) is 2.82. The number of hydrogen-bond acceptors (Lipinski definition) is 5. The van der Waals surface area contributed by atoms with Gasteiger partial charge in [-0.1, -0.05) is 20.8 Å². The number of aromatic amines is 1. The van der Waals surface area contributed by atoms with Gasteiger partial charge in [-0.05, 0) is 37.6 Å². The number of nitrogens with zero attached hydrogens (tertiary/aromatic N) is 2. The molecule has 0 spiro atoms. The van der Waals surface area contributed by atoms with Gasteiger partial charge in [-0.3, -0.25) is 5.10 Å². The van der Waals surface area contributed by atoms with Crippen molar-refractivity contribution in [2.45, 2.75) is 47.0 Å². The number of carbonyl (C=O) groups is 1. The van der Waals surface area contributed by atoms with E-state index >= 15 is 0 Å². The number of H-pyrrole nitrogens is 1. The number of nitrogens with two attached hydrogens (primary N) is 1. The van der Waals surface area contributed by atoms with Crippen LogP contribution in [-0.2, 0) is 11.2 Å². The number of esters is 1. The van der Waals surface area contributed by atoms with Crippen molar-refractivity contribution >= 4 is 5.97 Å². The molecule has 0 saturated heterocycles. The van der Waals surface area contributed by atoms with E-state index in [0.717, 1.165) is 25.1 Å². The predicted octanol–water partition coefficient (Wildman–Crippen LogP) is 1.93. The van der Waals surface area contributed by atoms with E-state index in [1.165, 1.54) is 0 Å². The second-order valence-corrected chi connectivity index (χ2v) is 6.01. The average molecular weight is 282 g/mol. The Morgan fingerprint density at radius 2 is 2.10 bits per heavy atom. The first-order chi connectivity index (χ1) is 9.38. The van der Waals surface area contributed by atoms with Crippen molar-refractivity contribution in [3.63, 3.8) is 0 Å². The van der Waals surface area contributed by atoms with Gasteiger partial charge in [-0.25, -0.2) is 9.78 Å². The van der Waals surface area contributed by atoms with Crippen molar-refractivity contribution < 1.29 is 9.53 Å². The van der Waals surface area contributed by atoms with Gasteiger partial charge >= 0.3 is 5.97 Å². The molecule has 0 aliphatic heterocycles. The summed E-state index contributed by atoms with van der Waals surface area (Å²) in [7, 11) is 0. The molecule has 6 heteroatoms. The van der Waals surface area contributed by atoms with Crippen LogP contribution in [0.2, 0.25) is 0 Å². The predicted molar refractivity (Wildman–Crippen MR) is 77.3 cm³/mol. The Morgan fingerprint density at radius 3 is 2.65 bits per heavy atom.